The molecule has 1 aromatic rings. The summed E-state index contributed by atoms with van der Waals surface area (Å²) in [7, 11) is 3.30. The van der Waals surface area contributed by atoms with Gasteiger partial charge in [-0.25, -0.2) is 8.78 Å². The van der Waals surface area contributed by atoms with Crippen LogP contribution in [0, 0.1) is 11.6 Å². The lowest BCUT2D eigenvalue weighted by Gasteiger charge is -2.15. The highest BCUT2D eigenvalue weighted by molar-refractivity contribution is 5.97. The van der Waals surface area contributed by atoms with Crippen LogP contribution in [0.15, 0.2) is 18.2 Å². The second-order valence-electron chi connectivity index (χ2n) is 3.78. The molecule has 0 saturated heterocycles. The summed E-state index contributed by atoms with van der Waals surface area (Å²) in [5.74, 6) is -1.89. The molecule has 0 aliphatic rings. The van der Waals surface area contributed by atoms with Crippen molar-refractivity contribution in [3.8, 4) is 0 Å². The molecular formula is C12H15F2NO2. The van der Waals surface area contributed by atoms with Crippen LogP contribution in [0.5, 0.6) is 0 Å². The highest BCUT2D eigenvalue weighted by atomic mass is 19.1. The SMILES string of the molecule is COCCN(C)CC(=O)c1ccc(F)cc1F. The van der Waals surface area contributed by atoms with Crippen LogP contribution in [0.1, 0.15) is 10.4 Å². The van der Waals surface area contributed by atoms with Gasteiger partial charge in [-0.3, -0.25) is 9.69 Å². The summed E-state index contributed by atoms with van der Waals surface area (Å²) >= 11 is 0. The second-order valence-corrected chi connectivity index (χ2v) is 3.78. The number of carbonyl (C=O) groups is 1. The van der Waals surface area contributed by atoms with Crippen molar-refractivity contribution in [3.05, 3.63) is 35.4 Å². The van der Waals surface area contributed by atoms with E-state index in [-0.39, 0.29) is 17.9 Å². The molecule has 0 fully saturated rings. The van der Waals surface area contributed by atoms with Gasteiger partial charge in [-0.1, -0.05) is 0 Å². The van der Waals surface area contributed by atoms with Crippen LogP contribution in [0.25, 0.3) is 0 Å². The number of carbonyl (C=O) groups excluding carboxylic acids is 1. The number of likely N-dealkylation sites (N-methyl/N-ethyl adjacent to an activating group) is 1. The first kappa shape index (κ1) is 13.7. The molecule has 1 rings (SSSR count). The van der Waals surface area contributed by atoms with Crippen LogP contribution in [-0.2, 0) is 4.74 Å². The van der Waals surface area contributed by atoms with Crippen LogP contribution < -0.4 is 0 Å². The van der Waals surface area contributed by atoms with Crippen molar-refractivity contribution in [2.24, 2.45) is 0 Å². The van der Waals surface area contributed by atoms with E-state index >= 15 is 0 Å². The van der Waals surface area contributed by atoms with E-state index in [4.69, 9.17) is 4.74 Å². The lowest BCUT2D eigenvalue weighted by Crippen LogP contribution is -2.29. The lowest BCUT2D eigenvalue weighted by atomic mass is 10.1. The van der Waals surface area contributed by atoms with Gasteiger partial charge in [0.1, 0.15) is 11.6 Å². The van der Waals surface area contributed by atoms with Crippen LogP contribution in [0.4, 0.5) is 8.78 Å². The number of ketones is 1. The van der Waals surface area contributed by atoms with E-state index in [1.54, 1.807) is 19.1 Å². The first-order valence-corrected chi connectivity index (χ1v) is 5.20. The van der Waals surface area contributed by atoms with Gasteiger partial charge in [0, 0.05) is 19.7 Å². The maximum atomic E-state index is 13.3. The summed E-state index contributed by atoms with van der Waals surface area (Å²) in [5.41, 5.74) is -0.0873. The summed E-state index contributed by atoms with van der Waals surface area (Å²) in [5, 5.41) is 0. The number of nitrogens with zero attached hydrogens (tertiary/aromatic N) is 1. The summed E-state index contributed by atoms with van der Waals surface area (Å²) in [6.07, 6.45) is 0. The quantitative estimate of drug-likeness (QED) is 0.712. The standard InChI is InChI=1S/C12H15F2NO2/c1-15(5-6-17-2)8-12(16)10-4-3-9(13)7-11(10)14/h3-4,7H,5-6,8H2,1-2H3. The molecule has 0 amide bonds. The molecular weight excluding hydrogens is 228 g/mol. The smallest absolute Gasteiger partial charge is 0.179 e. The Balaban J connectivity index is 2.63. The van der Waals surface area contributed by atoms with Gasteiger partial charge in [-0.15, -0.1) is 0 Å². The van der Waals surface area contributed by atoms with E-state index < -0.39 is 11.6 Å². The lowest BCUT2D eigenvalue weighted by molar-refractivity contribution is 0.0918. The average Bonchev–Trinajstić information content (AvgIpc) is 2.26. The monoisotopic (exact) mass is 243 g/mol. The molecule has 3 nitrogen and oxygen atoms in total. The number of methoxy groups -OCH3 is 1. The summed E-state index contributed by atoms with van der Waals surface area (Å²) in [4.78, 5) is 13.4. The van der Waals surface area contributed by atoms with Crippen LogP contribution in [-0.4, -0.2) is 44.5 Å². The first-order chi connectivity index (χ1) is 8.04. The van der Waals surface area contributed by atoms with Crippen molar-refractivity contribution in [1.29, 1.82) is 0 Å². The Morgan fingerprint density at radius 1 is 1.41 bits per heavy atom. The minimum absolute atomic E-state index is 0.0753. The van der Waals surface area contributed by atoms with Crippen LogP contribution >= 0.6 is 0 Å². The van der Waals surface area contributed by atoms with Gasteiger partial charge in [-0.2, -0.15) is 0 Å². The van der Waals surface area contributed by atoms with Crippen molar-refractivity contribution >= 4 is 5.78 Å². The Morgan fingerprint density at radius 3 is 2.71 bits per heavy atom. The Kier molecular flexibility index (Phi) is 5.18. The summed E-state index contributed by atoms with van der Waals surface area (Å²) < 4.78 is 30.8. The molecule has 0 aliphatic heterocycles. The Hall–Kier alpha value is -1.33. The zero-order valence-electron chi connectivity index (χ0n) is 9.87. The molecule has 0 heterocycles. The fourth-order valence-corrected chi connectivity index (χ4v) is 1.37. The molecule has 0 unspecified atom stereocenters. The van der Waals surface area contributed by atoms with Gasteiger partial charge in [-0.05, 0) is 19.2 Å². The number of hydrogen-bond acceptors (Lipinski definition) is 3. The molecule has 0 spiro atoms. The van der Waals surface area contributed by atoms with Gasteiger partial charge < -0.3 is 4.74 Å². The van der Waals surface area contributed by atoms with Gasteiger partial charge >= 0.3 is 0 Å². The Morgan fingerprint density at radius 2 is 2.12 bits per heavy atom. The Labute approximate surface area is 99.0 Å². The zero-order chi connectivity index (χ0) is 12.8. The third kappa shape index (κ3) is 4.20. The number of rotatable bonds is 6. The fraction of sp³-hybridized carbons (Fsp3) is 0.417. The van der Waals surface area contributed by atoms with Gasteiger partial charge in [0.25, 0.3) is 0 Å². The fourth-order valence-electron chi connectivity index (χ4n) is 1.37. The van der Waals surface area contributed by atoms with Gasteiger partial charge in [0.2, 0.25) is 0 Å². The third-order valence-corrected chi connectivity index (χ3v) is 2.32. The van der Waals surface area contributed by atoms with Crippen molar-refractivity contribution < 1.29 is 18.3 Å². The molecule has 1 aromatic carbocycles. The van der Waals surface area contributed by atoms with E-state index in [9.17, 15) is 13.6 Å². The maximum absolute atomic E-state index is 13.3. The number of Topliss-reactive ketones (excluding diaryl/α,β-unsaturated/α-hetero) is 1. The number of hydrogen-bond donors (Lipinski definition) is 0. The molecule has 94 valence electrons. The minimum atomic E-state index is -0.824. The topological polar surface area (TPSA) is 29.5 Å². The molecule has 0 atom stereocenters. The normalized spacial score (nSPS) is 10.9. The summed E-state index contributed by atoms with van der Waals surface area (Å²) in [6, 6.07) is 2.95. The number of benzene rings is 1. The van der Waals surface area contributed by atoms with E-state index in [1.165, 1.54) is 0 Å². The predicted molar refractivity (Wildman–Crippen MR) is 60.1 cm³/mol. The highest BCUT2D eigenvalue weighted by Crippen LogP contribution is 2.10. The average molecular weight is 243 g/mol. The summed E-state index contributed by atoms with van der Waals surface area (Å²) in [6.45, 7) is 1.15. The van der Waals surface area contributed by atoms with Crippen molar-refractivity contribution in [2.75, 3.05) is 33.9 Å². The molecule has 0 bridgehead atoms. The molecule has 17 heavy (non-hydrogen) atoms. The first-order valence-electron chi connectivity index (χ1n) is 5.20. The second kappa shape index (κ2) is 6.42. The highest BCUT2D eigenvalue weighted by Gasteiger charge is 2.14. The Bertz CT molecular complexity index is 396. The molecule has 0 N–H and O–H groups in total. The van der Waals surface area contributed by atoms with E-state index in [0.29, 0.717) is 19.2 Å². The van der Waals surface area contributed by atoms with E-state index in [2.05, 4.69) is 0 Å². The molecule has 0 radical (unpaired) electrons. The zero-order valence-corrected chi connectivity index (χ0v) is 9.87. The van der Waals surface area contributed by atoms with E-state index in [0.717, 1.165) is 12.1 Å². The third-order valence-electron chi connectivity index (χ3n) is 2.32. The van der Waals surface area contributed by atoms with Crippen molar-refractivity contribution in [1.82, 2.24) is 4.90 Å². The van der Waals surface area contributed by atoms with Crippen LogP contribution in [0.3, 0.4) is 0 Å². The molecule has 5 heteroatoms. The van der Waals surface area contributed by atoms with Crippen molar-refractivity contribution in [3.63, 3.8) is 0 Å². The molecule has 0 aromatic heterocycles. The van der Waals surface area contributed by atoms with Gasteiger partial charge in [0.05, 0.1) is 18.7 Å². The number of ether oxygens (including phenoxy) is 1. The molecule has 0 saturated carbocycles. The largest absolute Gasteiger partial charge is 0.383 e. The van der Waals surface area contributed by atoms with E-state index in [1.807, 2.05) is 0 Å². The number of halogens is 2. The van der Waals surface area contributed by atoms with Crippen molar-refractivity contribution in [2.45, 2.75) is 0 Å². The predicted octanol–water partition coefficient (Wildman–Crippen LogP) is 1.73. The maximum Gasteiger partial charge on any atom is 0.179 e. The minimum Gasteiger partial charge on any atom is -0.383 e. The molecule has 0 aliphatic carbocycles. The van der Waals surface area contributed by atoms with Crippen LogP contribution in [0.2, 0.25) is 0 Å². The van der Waals surface area contributed by atoms with Gasteiger partial charge in [0.15, 0.2) is 5.78 Å².